The van der Waals surface area contributed by atoms with Crippen molar-refractivity contribution in [2.45, 2.75) is 6.92 Å². The molecule has 0 unspecified atom stereocenters. The Balaban J connectivity index is 2.61. The number of ether oxygens (including phenoxy) is 2. The van der Waals surface area contributed by atoms with Crippen molar-refractivity contribution in [3.05, 3.63) is 35.8 Å². The van der Waals surface area contributed by atoms with E-state index in [4.69, 9.17) is 9.47 Å². The Hall–Kier alpha value is -2.63. The maximum Gasteiger partial charge on any atom is 0.339 e. The zero-order valence-corrected chi connectivity index (χ0v) is 11.4. The van der Waals surface area contributed by atoms with Crippen LogP contribution in [0.15, 0.2) is 24.4 Å². The minimum Gasteiger partial charge on any atom is -0.493 e. The number of carbonyl (C=O) groups is 1. The molecule has 2 rings (SSSR count). The number of aryl methyl sites for hydroxylation is 1. The Kier molecular flexibility index (Phi) is 3.84. The molecule has 104 valence electrons. The van der Waals surface area contributed by atoms with Crippen molar-refractivity contribution in [3.63, 3.8) is 0 Å². The largest absolute Gasteiger partial charge is 0.493 e. The second-order valence-corrected chi connectivity index (χ2v) is 4.05. The molecule has 0 atom stereocenters. The van der Waals surface area contributed by atoms with Gasteiger partial charge in [-0.1, -0.05) is 0 Å². The summed E-state index contributed by atoms with van der Waals surface area (Å²) in [5, 5.41) is 9.21. The average Bonchev–Trinajstić information content (AvgIpc) is 2.46. The summed E-state index contributed by atoms with van der Waals surface area (Å²) in [5.74, 6) is 0.506. The molecule has 0 aliphatic heterocycles. The molecule has 0 saturated heterocycles. The Labute approximate surface area is 116 Å². The van der Waals surface area contributed by atoms with Gasteiger partial charge in [0.15, 0.2) is 11.5 Å². The maximum atomic E-state index is 11.2. The summed E-state index contributed by atoms with van der Waals surface area (Å²) in [6.07, 6.45) is 1.30. The molecule has 0 fully saturated rings. The third-order valence-corrected chi connectivity index (χ3v) is 2.80. The molecule has 20 heavy (non-hydrogen) atoms. The summed E-state index contributed by atoms with van der Waals surface area (Å²) in [7, 11) is 3.06. The fourth-order valence-corrected chi connectivity index (χ4v) is 1.83. The molecule has 1 heterocycles. The van der Waals surface area contributed by atoms with Crippen molar-refractivity contribution in [1.82, 2.24) is 9.97 Å². The van der Waals surface area contributed by atoms with Crippen LogP contribution in [0.4, 0.5) is 0 Å². The molecule has 1 aromatic heterocycles. The van der Waals surface area contributed by atoms with E-state index in [-0.39, 0.29) is 5.56 Å². The van der Waals surface area contributed by atoms with Gasteiger partial charge in [-0.05, 0) is 25.1 Å². The lowest BCUT2D eigenvalue weighted by Gasteiger charge is -2.11. The number of carboxylic acid groups (broad SMARTS) is 1. The minimum atomic E-state index is -1.07. The normalized spacial score (nSPS) is 10.2. The monoisotopic (exact) mass is 274 g/mol. The highest BCUT2D eigenvalue weighted by Crippen LogP contribution is 2.32. The van der Waals surface area contributed by atoms with E-state index in [1.807, 2.05) is 0 Å². The van der Waals surface area contributed by atoms with Crippen molar-refractivity contribution >= 4 is 5.97 Å². The predicted molar refractivity (Wildman–Crippen MR) is 72.3 cm³/mol. The first-order valence-electron chi connectivity index (χ1n) is 5.86. The number of methoxy groups -OCH3 is 2. The van der Waals surface area contributed by atoms with Crippen LogP contribution in [0.5, 0.6) is 11.5 Å². The first-order valence-corrected chi connectivity index (χ1v) is 5.86. The Morgan fingerprint density at radius 3 is 2.50 bits per heavy atom. The van der Waals surface area contributed by atoms with Gasteiger partial charge in [-0.2, -0.15) is 0 Å². The zero-order chi connectivity index (χ0) is 14.7. The molecule has 0 radical (unpaired) electrons. The lowest BCUT2D eigenvalue weighted by molar-refractivity contribution is 0.0697. The third-order valence-electron chi connectivity index (χ3n) is 2.80. The number of carboxylic acids is 1. The number of hydrogen-bond acceptors (Lipinski definition) is 5. The summed E-state index contributed by atoms with van der Waals surface area (Å²) < 4.78 is 10.4. The molecule has 2 aromatic rings. The molecule has 0 aliphatic rings. The van der Waals surface area contributed by atoms with Crippen LogP contribution < -0.4 is 9.47 Å². The average molecular weight is 274 g/mol. The van der Waals surface area contributed by atoms with Crippen molar-refractivity contribution in [3.8, 4) is 22.8 Å². The van der Waals surface area contributed by atoms with Gasteiger partial charge in [0.25, 0.3) is 0 Å². The van der Waals surface area contributed by atoms with Gasteiger partial charge < -0.3 is 14.6 Å². The summed E-state index contributed by atoms with van der Waals surface area (Å²) >= 11 is 0. The molecular weight excluding hydrogens is 260 g/mol. The fourth-order valence-electron chi connectivity index (χ4n) is 1.83. The standard InChI is InChI=1S/C14H14N2O4/c1-8-15-7-10(14(17)18)13(16-8)9-4-5-11(19-2)12(6-9)20-3/h4-7H,1-3H3,(H,17,18). The highest BCUT2D eigenvalue weighted by Gasteiger charge is 2.16. The molecule has 6 nitrogen and oxygen atoms in total. The van der Waals surface area contributed by atoms with Crippen molar-refractivity contribution in [2.75, 3.05) is 14.2 Å². The van der Waals surface area contributed by atoms with E-state index in [0.29, 0.717) is 28.6 Å². The van der Waals surface area contributed by atoms with E-state index < -0.39 is 5.97 Å². The molecule has 0 saturated carbocycles. The Bertz CT molecular complexity index is 656. The first kappa shape index (κ1) is 13.8. The van der Waals surface area contributed by atoms with Crippen LogP contribution in [-0.4, -0.2) is 35.3 Å². The third kappa shape index (κ3) is 2.54. The van der Waals surface area contributed by atoms with E-state index in [1.165, 1.54) is 20.4 Å². The maximum absolute atomic E-state index is 11.2. The molecule has 0 bridgehead atoms. The first-order chi connectivity index (χ1) is 9.56. The molecule has 0 amide bonds. The van der Waals surface area contributed by atoms with Crippen LogP contribution in [0.2, 0.25) is 0 Å². The quantitative estimate of drug-likeness (QED) is 0.920. The zero-order valence-electron chi connectivity index (χ0n) is 11.4. The van der Waals surface area contributed by atoms with Crippen LogP contribution >= 0.6 is 0 Å². The topological polar surface area (TPSA) is 81.5 Å². The van der Waals surface area contributed by atoms with Crippen LogP contribution in [0.3, 0.4) is 0 Å². The molecule has 1 N–H and O–H groups in total. The number of benzene rings is 1. The van der Waals surface area contributed by atoms with Gasteiger partial charge in [0.1, 0.15) is 11.4 Å². The molecule has 0 spiro atoms. The number of aromatic carboxylic acids is 1. The molecule has 0 aliphatic carbocycles. The van der Waals surface area contributed by atoms with Gasteiger partial charge in [0.2, 0.25) is 0 Å². The van der Waals surface area contributed by atoms with Crippen molar-refractivity contribution < 1.29 is 19.4 Å². The van der Waals surface area contributed by atoms with E-state index in [1.54, 1.807) is 25.1 Å². The van der Waals surface area contributed by atoms with Crippen molar-refractivity contribution in [2.24, 2.45) is 0 Å². The summed E-state index contributed by atoms with van der Waals surface area (Å²) in [6.45, 7) is 1.70. The Morgan fingerprint density at radius 2 is 1.90 bits per heavy atom. The predicted octanol–water partition coefficient (Wildman–Crippen LogP) is 2.17. The van der Waals surface area contributed by atoms with Gasteiger partial charge >= 0.3 is 5.97 Å². The van der Waals surface area contributed by atoms with Crippen LogP contribution in [-0.2, 0) is 0 Å². The summed E-state index contributed by atoms with van der Waals surface area (Å²) in [6, 6.07) is 5.12. The SMILES string of the molecule is COc1ccc(-c2nc(C)ncc2C(=O)O)cc1OC. The van der Waals surface area contributed by atoms with Crippen LogP contribution in [0.25, 0.3) is 11.3 Å². The number of aromatic nitrogens is 2. The van der Waals surface area contributed by atoms with Gasteiger partial charge in [0, 0.05) is 11.8 Å². The lowest BCUT2D eigenvalue weighted by Crippen LogP contribution is -2.04. The van der Waals surface area contributed by atoms with E-state index >= 15 is 0 Å². The van der Waals surface area contributed by atoms with E-state index in [9.17, 15) is 9.90 Å². The highest BCUT2D eigenvalue weighted by atomic mass is 16.5. The second-order valence-electron chi connectivity index (χ2n) is 4.05. The van der Waals surface area contributed by atoms with Gasteiger partial charge in [-0.15, -0.1) is 0 Å². The van der Waals surface area contributed by atoms with E-state index in [2.05, 4.69) is 9.97 Å². The Morgan fingerprint density at radius 1 is 1.20 bits per heavy atom. The van der Waals surface area contributed by atoms with Crippen LogP contribution in [0, 0.1) is 6.92 Å². The summed E-state index contributed by atoms with van der Waals surface area (Å²) in [4.78, 5) is 19.4. The molecule has 1 aromatic carbocycles. The second kappa shape index (κ2) is 5.56. The molecular formula is C14H14N2O4. The number of hydrogen-bond donors (Lipinski definition) is 1. The fraction of sp³-hybridized carbons (Fsp3) is 0.214. The van der Waals surface area contributed by atoms with Crippen molar-refractivity contribution in [1.29, 1.82) is 0 Å². The van der Waals surface area contributed by atoms with Gasteiger partial charge in [0.05, 0.1) is 19.9 Å². The number of nitrogens with zero attached hydrogens (tertiary/aromatic N) is 2. The van der Waals surface area contributed by atoms with Crippen LogP contribution in [0.1, 0.15) is 16.2 Å². The molecule has 6 heteroatoms. The highest BCUT2D eigenvalue weighted by molar-refractivity contribution is 5.94. The van der Waals surface area contributed by atoms with Gasteiger partial charge in [-0.25, -0.2) is 14.8 Å². The lowest BCUT2D eigenvalue weighted by atomic mass is 10.1. The van der Waals surface area contributed by atoms with Gasteiger partial charge in [-0.3, -0.25) is 0 Å². The smallest absolute Gasteiger partial charge is 0.339 e. The summed E-state index contributed by atoms with van der Waals surface area (Å²) in [5.41, 5.74) is 1.03. The van der Waals surface area contributed by atoms with E-state index in [0.717, 1.165) is 0 Å². The minimum absolute atomic E-state index is 0.0443. The number of rotatable bonds is 4.